The Morgan fingerprint density at radius 2 is 2.29 bits per heavy atom. The number of amidine groups is 1. The van der Waals surface area contributed by atoms with Crippen molar-refractivity contribution < 1.29 is 9.90 Å². The summed E-state index contributed by atoms with van der Waals surface area (Å²) in [4.78, 5) is 17.0. The standard InChI is InChI=1S/C12H15N3O2/c1-2-6-15-10(11(13)14-12(15)17)8-4-3-5-9(16)7-8/h3-5,7,10,16H,2,6H2,1H3,(H2,13,14,17). The quantitative estimate of drug-likeness (QED) is 0.832. The zero-order valence-electron chi connectivity index (χ0n) is 9.63. The number of carbonyl (C=O) groups excluding carboxylic acids is 1. The average molecular weight is 233 g/mol. The van der Waals surface area contributed by atoms with Crippen molar-refractivity contribution in [2.75, 3.05) is 6.54 Å². The van der Waals surface area contributed by atoms with Crippen LogP contribution in [0.25, 0.3) is 0 Å². The molecule has 1 aliphatic heterocycles. The highest BCUT2D eigenvalue weighted by Crippen LogP contribution is 2.28. The van der Waals surface area contributed by atoms with E-state index in [1.54, 1.807) is 23.1 Å². The Balaban J connectivity index is 2.35. The molecule has 1 atom stereocenters. The highest BCUT2D eigenvalue weighted by Gasteiger charge is 2.33. The molecule has 5 nitrogen and oxygen atoms in total. The minimum atomic E-state index is -0.352. The number of nitrogens with zero attached hydrogens (tertiary/aromatic N) is 2. The van der Waals surface area contributed by atoms with Crippen molar-refractivity contribution in [2.24, 2.45) is 10.7 Å². The Bertz CT molecular complexity index is 471. The molecule has 1 heterocycles. The van der Waals surface area contributed by atoms with Gasteiger partial charge < -0.3 is 15.7 Å². The van der Waals surface area contributed by atoms with Crippen LogP contribution in [0, 0.1) is 0 Å². The van der Waals surface area contributed by atoms with Crippen molar-refractivity contribution in [1.82, 2.24) is 4.90 Å². The van der Waals surface area contributed by atoms with E-state index in [0.717, 1.165) is 12.0 Å². The van der Waals surface area contributed by atoms with E-state index in [4.69, 9.17) is 5.73 Å². The topological polar surface area (TPSA) is 78.9 Å². The largest absolute Gasteiger partial charge is 0.508 e. The van der Waals surface area contributed by atoms with E-state index in [0.29, 0.717) is 6.54 Å². The zero-order chi connectivity index (χ0) is 12.4. The van der Waals surface area contributed by atoms with Crippen LogP contribution in [0.4, 0.5) is 4.79 Å². The average Bonchev–Trinajstić information content (AvgIpc) is 2.54. The van der Waals surface area contributed by atoms with Gasteiger partial charge in [0, 0.05) is 6.54 Å². The monoisotopic (exact) mass is 233 g/mol. The highest BCUT2D eigenvalue weighted by molar-refractivity contribution is 6.03. The van der Waals surface area contributed by atoms with Gasteiger partial charge in [0.1, 0.15) is 17.6 Å². The lowest BCUT2D eigenvalue weighted by atomic mass is 10.0. The van der Waals surface area contributed by atoms with Crippen molar-refractivity contribution in [3.63, 3.8) is 0 Å². The van der Waals surface area contributed by atoms with E-state index >= 15 is 0 Å². The molecule has 0 bridgehead atoms. The van der Waals surface area contributed by atoms with Gasteiger partial charge in [-0.3, -0.25) is 0 Å². The number of phenolic OH excluding ortho intramolecular Hbond substituents is 1. The van der Waals surface area contributed by atoms with Crippen LogP contribution in [0.2, 0.25) is 0 Å². The number of hydrogen-bond acceptors (Lipinski definition) is 3. The molecule has 90 valence electrons. The Kier molecular flexibility index (Phi) is 2.99. The first-order chi connectivity index (χ1) is 8.13. The van der Waals surface area contributed by atoms with E-state index in [1.165, 1.54) is 0 Å². The number of carbonyl (C=O) groups is 1. The van der Waals surface area contributed by atoms with Gasteiger partial charge >= 0.3 is 6.03 Å². The van der Waals surface area contributed by atoms with Crippen LogP contribution in [-0.4, -0.2) is 28.4 Å². The van der Waals surface area contributed by atoms with Crippen LogP contribution >= 0.6 is 0 Å². The summed E-state index contributed by atoms with van der Waals surface area (Å²) in [6.07, 6.45) is 0.837. The lowest BCUT2D eigenvalue weighted by Crippen LogP contribution is -2.33. The van der Waals surface area contributed by atoms with E-state index in [2.05, 4.69) is 4.99 Å². The van der Waals surface area contributed by atoms with Gasteiger partial charge in [-0.25, -0.2) is 4.79 Å². The first-order valence-electron chi connectivity index (χ1n) is 5.57. The van der Waals surface area contributed by atoms with Crippen molar-refractivity contribution >= 4 is 11.9 Å². The van der Waals surface area contributed by atoms with Crippen LogP contribution in [0.1, 0.15) is 24.9 Å². The normalized spacial score (nSPS) is 19.6. The molecule has 0 radical (unpaired) electrons. The molecule has 0 aliphatic carbocycles. The molecule has 0 fully saturated rings. The first kappa shape index (κ1) is 11.4. The number of benzene rings is 1. The molecular formula is C12H15N3O2. The number of aliphatic imine (C=N–C) groups is 1. The van der Waals surface area contributed by atoms with Crippen LogP contribution < -0.4 is 5.73 Å². The third-order valence-corrected chi connectivity index (χ3v) is 2.71. The molecular weight excluding hydrogens is 218 g/mol. The summed E-state index contributed by atoms with van der Waals surface area (Å²) in [7, 11) is 0. The first-order valence-corrected chi connectivity index (χ1v) is 5.57. The number of urea groups is 1. The molecule has 1 aliphatic rings. The number of hydrogen-bond donors (Lipinski definition) is 2. The van der Waals surface area contributed by atoms with Gasteiger partial charge in [0.05, 0.1) is 0 Å². The fourth-order valence-corrected chi connectivity index (χ4v) is 2.02. The lowest BCUT2D eigenvalue weighted by molar-refractivity contribution is 0.206. The molecule has 1 aromatic carbocycles. The van der Waals surface area contributed by atoms with Crippen LogP contribution in [-0.2, 0) is 0 Å². The Hall–Kier alpha value is -2.04. The third-order valence-electron chi connectivity index (χ3n) is 2.71. The maximum Gasteiger partial charge on any atom is 0.346 e. The van der Waals surface area contributed by atoms with Gasteiger partial charge in [-0.15, -0.1) is 0 Å². The molecule has 0 saturated heterocycles. The summed E-state index contributed by atoms with van der Waals surface area (Å²) < 4.78 is 0. The number of nitrogens with two attached hydrogens (primary N) is 1. The summed E-state index contributed by atoms with van der Waals surface area (Å²) >= 11 is 0. The van der Waals surface area contributed by atoms with Crippen molar-refractivity contribution in [3.05, 3.63) is 29.8 Å². The second kappa shape index (κ2) is 4.45. The van der Waals surface area contributed by atoms with E-state index in [-0.39, 0.29) is 23.7 Å². The molecule has 2 rings (SSSR count). The van der Waals surface area contributed by atoms with Crippen LogP contribution in [0.5, 0.6) is 5.75 Å². The fraction of sp³-hybridized carbons (Fsp3) is 0.333. The van der Waals surface area contributed by atoms with E-state index < -0.39 is 0 Å². The van der Waals surface area contributed by atoms with Crippen molar-refractivity contribution in [3.8, 4) is 5.75 Å². The summed E-state index contributed by atoms with van der Waals surface area (Å²) in [6.45, 7) is 2.59. The highest BCUT2D eigenvalue weighted by atomic mass is 16.3. The summed E-state index contributed by atoms with van der Waals surface area (Å²) in [5.74, 6) is 0.445. The molecule has 1 aromatic rings. The maximum absolute atomic E-state index is 11.6. The predicted octanol–water partition coefficient (Wildman–Crippen LogP) is 1.64. The Morgan fingerprint density at radius 3 is 2.94 bits per heavy atom. The molecule has 0 aromatic heterocycles. The molecule has 0 saturated carbocycles. The number of amides is 2. The minimum absolute atomic E-state index is 0.158. The smallest absolute Gasteiger partial charge is 0.346 e. The summed E-state index contributed by atoms with van der Waals surface area (Å²) in [6, 6.07) is 6.08. The predicted molar refractivity (Wildman–Crippen MR) is 64.9 cm³/mol. The number of rotatable bonds is 3. The summed E-state index contributed by atoms with van der Waals surface area (Å²) in [5, 5.41) is 9.46. The zero-order valence-corrected chi connectivity index (χ0v) is 9.63. The van der Waals surface area contributed by atoms with Gasteiger partial charge in [0.25, 0.3) is 0 Å². The SMILES string of the molecule is CCCN1C(=O)N=C(N)C1c1cccc(O)c1. The van der Waals surface area contributed by atoms with Crippen LogP contribution in [0.3, 0.4) is 0 Å². The molecule has 3 N–H and O–H groups in total. The van der Waals surface area contributed by atoms with Gasteiger partial charge in [-0.05, 0) is 24.1 Å². The van der Waals surface area contributed by atoms with Crippen molar-refractivity contribution in [1.29, 1.82) is 0 Å². The number of aromatic hydroxyl groups is 1. The lowest BCUT2D eigenvalue weighted by Gasteiger charge is -2.23. The summed E-state index contributed by atoms with van der Waals surface area (Å²) in [5.41, 5.74) is 6.56. The van der Waals surface area contributed by atoms with E-state index in [1.807, 2.05) is 13.0 Å². The van der Waals surface area contributed by atoms with Gasteiger partial charge in [-0.2, -0.15) is 4.99 Å². The number of phenols is 1. The van der Waals surface area contributed by atoms with Crippen LogP contribution in [0.15, 0.2) is 29.3 Å². The molecule has 1 unspecified atom stereocenters. The Labute approximate surface area is 99.6 Å². The van der Waals surface area contributed by atoms with E-state index in [9.17, 15) is 9.90 Å². The van der Waals surface area contributed by atoms with Crippen molar-refractivity contribution in [2.45, 2.75) is 19.4 Å². The maximum atomic E-state index is 11.6. The third kappa shape index (κ3) is 2.08. The molecule has 2 amide bonds. The molecule has 17 heavy (non-hydrogen) atoms. The second-order valence-electron chi connectivity index (χ2n) is 4.01. The molecule has 0 spiro atoms. The van der Waals surface area contributed by atoms with Gasteiger partial charge in [-0.1, -0.05) is 19.1 Å². The Morgan fingerprint density at radius 1 is 1.53 bits per heavy atom. The fourth-order valence-electron chi connectivity index (χ4n) is 2.02. The van der Waals surface area contributed by atoms with Gasteiger partial charge in [0.2, 0.25) is 0 Å². The minimum Gasteiger partial charge on any atom is -0.508 e. The second-order valence-corrected chi connectivity index (χ2v) is 4.01. The van der Waals surface area contributed by atoms with Gasteiger partial charge in [0.15, 0.2) is 0 Å². The molecule has 5 heteroatoms.